The summed E-state index contributed by atoms with van der Waals surface area (Å²) in [6.07, 6.45) is -2.90. The predicted octanol–water partition coefficient (Wildman–Crippen LogP) is 2.41. The maximum atomic E-state index is 12.6. The fourth-order valence-electron chi connectivity index (χ4n) is 1.32. The van der Waals surface area contributed by atoms with Crippen molar-refractivity contribution in [3.8, 4) is 0 Å². The van der Waals surface area contributed by atoms with Crippen molar-refractivity contribution in [1.82, 2.24) is 4.98 Å². The third-order valence-electron chi connectivity index (χ3n) is 2.13. The van der Waals surface area contributed by atoms with Crippen LogP contribution in [0.3, 0.4) is 0 Å². The van der Waals surface area contributed by atoms with Crippen LogP contribution in [-0.2, 0) is 4.74 Å². The zero-order valence-electron chi connectivity index (χ0n) is 9.65. The van der Waals surface area contributed by atoms with Crippen LogP contribution in [0.25, 0.3) is 0 Å². The summed E-state index contributed by atoms with van der Waals surface area (Å²) < 4.78 is 29.7. The lowest BCUT2D eigenvalue weighted by atomic mass is 10.1. The highest BCUT2D eigenvalue weighted by Crippen LogP contribution is 2.28. The standard InChI is InChI=1S/C10H10F2N2O4/c1-3-18-10(15)8-7(14(16)17)4-6(9(11)12)5(2)13-8/h4,9H,3H2,1-2H3. The number of halogens is 2. The Balaban J connectivity index is 3.38. The number of nitrogens with zero attached hydrogens (tertiary/aromatic N) is 2. The zero-order valence-corrected chi connectivity index (χ0v) is 9.65. The molecule has 1 aromatic rings. The monoisotopic (exact) mass is 260 g/mol. The molecule has 0 fully saturated rings. The third-order valence-corrected chi connectivity index (χ3v) is 2.13. The Bertz CT molecular complexity index is 491. The van der Waals surface area contributed by atoms with E-state index in [9.17, 15) is 23.7 Å². The number of hydrogen-bond acceptors (Lipinski definition) is 5. The molecular weight excluding hydrogens is 250 g/mol. The molecule has 0 spiro atoms. The van der Waals surface area contributed by atoms with Gasteiger partial charge in [-0.05, 0) is 13.8 Å². The van der Waals surface area contributed by atoms with E-state index in [1.807, 2.05) is 0 Å². The molecule has 8 heteroatoms. The van der Waals surface area contributed by atoms with Gasteiger partial charge in [-0.25, -0.2) is 18.6 Å². The summed E-state index contributed by atoms with van der Waals surface area (Å²) in [5, 5.41) is 10.7. The van der Waals surface area contributed by atoms with Gasteiger partial charge in [0.2, 0.25) is 5.69 Å². The van der Waals surface area contributed by atoms with Crippen LogP contribution in [0.4, 0.5) is 14.5 Å². The summed E-state index contributed by atoms with van der Waals surface area (Å²) in [5.74, 6) is -1.01. The molecule has 0 unspecified atom stereocenters. The molecule has 0 aliphatic heterocycles. The molecule has 6 nitrogen and oxygen atoms in total. The van der Waals surface area contributed by atoms with Crippen LogP contribution in [0, 0.1) is 17.0 Å². The van der Waals surface area contributed by atoms with Gasteiger partial charge >= 0.3 is 11.7 Å². The molecule has 0 saturated heterocycles. The van der Waals surface area contributed by atoms with Crippen LogP contribution >= 0.6 is 0 Å². The third kappa shape index (κ3) is 2.76. The molecule has 0 amide bonds. The molecule has 0 aliphatic rings. The van der Waals surface area contributed by atoms with Crippen LogP contribution in [0.1, 0.15) is 35.1 Å². The first-order valence-electron chi connectivity index (χ1n) is 4.99. The van der Waals surface area contributed by atoms with Gasteiger partial charge in [-0.1, -0.05) is 0 Å². The van der Waals surface area contributed by atoms with E-state index < -0.39 is 34.3 Å². The van der Waals surface area contributed by atoms with Crippen molar-refractivity contribution in [1.29, 1.82) is 0 Å². The van der Waals surface area contributed by atoms with Crippen LogP contribution in [-0.4, -0.2) is 22.5 Å². The van der Waals surface area contributed by atoms with Crippen molar-refractivity contribution < 1.29 is 23.2 Å². The highest BCUT2D eigenvalue weighted by Gasteiger charge is 2.27. The number of carbonyl (C=O) groups is 1. The Labute approximate surface area is 101 Å². The summed E-state index contributed by atoms with van der Waals surface area (Å²) in [7, 11) is 0. The Hall–Kier alpha value is -2.12. The Morgan fingerprint density at radius 1 is 1.61 bits per heavy atom. The maximum absolute atomic E-state index is 12.6. The second kappa shape index (κ2) is 5.48. The van der Waals surface area contributed by atoms with E-state index >= 15 is 0 Å². The number of ether oxygens (including phenoxy) is 1. The van der Waals surface area contributed by atoms with Gasteiger partial charge in [0.1, 0.15) is 0 Å². The number of carbonyl (C=O) groups excluding carboxylic acids is 1. The van der Waals surface area contributed by atoms with Gasteiger partial charge in [-0.3, -0.25) is 10.1 Å². The van der Waals surface area contributed by atoms with E-state index in [1.165, 1.54) is 13.8 Å². The Morgan fingerprint density at radius 2 is 2.22 bits per heavy atom. The van der Waals surface area contributed by atoms with Gasteiger partial charge in [-0.2, -0.15) is 0 Å². The van der Waals surface area contributed by atoms with E-state index in [2.05, 4.69) is 9.72 Å². The fourth-order valence-corrected chi connectivity index (χ4v) is 1.32. The average molecular weight is 260 g/mol. The number of aryl methyl sites for hydroxylation is 1. The predicted molar refractivity (Wildman–Crippen MR) is 56.5 cm³/mol. The van der Waals surface area contributed by atoms with Crippen molar-refractivity contribution in [2.75, 3.05) is 6.61 Å². The van der Waals surface area contributed by atoms with Crippen LogP contribution < -0.4 is 0 Å². The molecule has 0 N–H and O–H groups in total. The summed E-state index contributed by atoms with van der Waals surface area (Å²) in [6.45, 7) is 2.77. The molecule has 1 aromatic heterocycles. The number of esters is 1. The molecule has 98 valence electrons. The van der Waals surface area contributed by atoms with E-state index in [0.29, 0.717) is 6.07 Å². The maximum Gasteiger partial charge on any atom is 0.364 e. The largest absolute Gasteiger partial charge is 0.461 e. The van der Waals surface area contributed by atoms with Gasteiger partial charge in [0, 0.05) is 17.3 Å². The van der Waals surface area contributed by atoms with Gasteiger partial charge in [-0.15, -0.1) is 0 Å². The molecule has 0 saturated carbocycles. The van der Waals surface area contributed by atoms with E-state index in [0.717, 1.165) is 0 Å². The molecule has 18 heavy (non-hydrogen) atoms. The average Bonchev–Trinajstić information content (AvgIpc) is 2.27. The highest BCUT2D eigenvalue weighted by atomic mass is 19.3. The normalized spacial score (nSPS) is 10.5. The van der Waals surface area contributed by atoms with E-state index in [1.54, 1.807) is 0 Å². The molecule has 1 rings (SSSR count). The number of nitro groups is 1. The van der Waals surface area contributed by atoms with Gasteiger partial charge < -0.3 is 4.74 Å². The first kappa shape index (κ1) is 13.9. The van der Waals surface area contributed by atoms with Crippen molar-refractivity contribution in [2.45, 2.75) is 20.3 Å². The van der Waals surface area contributed by atoms with Gasteiger partial charge in [0.05, 0.1) is 11.5 Å². The molecular formula is C10H10F2N2O4. The lowest BCUT2D eigenvalue weighted by Crippen LogP contribution is -2.12. The second-order valence-corrected chi connectivity index (χ2v) is 3.31. The minimum absolute atomic E-state index is 0.00726. The fraction of sp³-hybridized carbons (Fsp3) is 0.400. The summed E-state index contributed by atoms with van der Waals surface area (Å²) >= 11 is 0. The Morgan fingerprint density at radius 3 is 2.67 bits per heavy atom. The van der Waals surface area contributed by atoms with Crippen molar-refractivity contribution in [2.24, 2.45) is 0 Å². The minimum Gasteiger partial charge on any atom is -0.461 e. The van der Waals surface area contributed by atoms with Gasteiger partial charge in [0.15, 0.2) is 0 Å². The quantitative estimate of drug-likeness (QED) is 0.471. The molecule has 1 heterocycles. The molecule has 0 aromatic carbocycles. The number of alkyl halides is 2. The summed E-state index contributed by atoms with van der Waals surface area (Å²) in [6, 6.07) is 0.652. The SMILES string of the molecule is CCOC(=O)c1nc(C)c(C(F)F)cc1[N+](=O)[O-]. The lowest BCUT2D eigenvalue weighted by molar-refractivity contribution is -0.385. The van der Waals surface area contributed by atoms with E-state index in [-0.39, 0.29) is 12.3 Å². The smallest absolute Gasteiger partial charge is 0.364 e. The topological polar surface area (TPSA) is 82.3 Å². The van der Waals surface area contributed by atoms with Gasteiger partial charge in [0.25, 0.3) is 6.43 Å². The zero-order chi connectivity index (χ0) is 13.9. The highest BCUT2D eigenvalue weighted by molar-refractivity contribution is 5.91. The second-order valence-electron chi connectivity index (χ2n) is 3.31. The minimum atomic E-state index is -2.90. The van der Waals surface area contributed by atoms with Crippen LogP contribution in [0.5, 0.6) is 0 Å². The Kier molecular flexibility index (Phi) is 4.24. The number of hydrogen-bond donors (Lipinski definition) is 0. The summed E-state index contributed by atoms with van der Waals surface area (Å²) in [4.78, 5) is 24.8. The number of pyridine rings is 1. The van der Waals surface area contributed by atoms with Crippen molar-refractivity contribution >= 4 is 11.7 Å². The molecule has 0 radical (unpaired) electrons. The van der Waals surface area contributed by atoms with Crippen LogP contribution in [0.2, 0.25) is 0 Å². The van der Waals surface area contributed by atoms with Crippen molar-refractivity contribution in [3.63, 3.8) is 0 Å². The first-order valence-corrected chi connectivity index (χ1v) is 4.99. The van der Waals surface area contributed by atoms with E-state index in [4.69, 9.17) is 0 Å². The molecule has 0 atom stereocenters. The number of rotatable bonds is 4. The van der Waals surface area contributed by atoms with Crippen molar-refractivity contribution in [3.05, 3.63) is 33.1 Å². The molecule has 0 aliphatic carbocycles. The summed E-state index contributed by atoms with van der Waals surface area (Å²) in [5.41, 5.74) is -2.06. The lowest BCUT2D eigenvalue weighted by Gasteiger charge is -2.07. The first-order chi connectivity index (χ1) is 8.38. The molecule has 0 bridgehead atoms. The van der Waals surface area contributed by atoms with Crippen LogP contribution in [0.15, 0.2) is 6.07 Å². The number of aromatic nitrogens is 1.